The minimum absolute atomic E-state index is 0.00501. The van der Waals surface area contributed by atoms with Gasteiger partial charge in [0.1, 0.15) is 0 Å². The highest BCUT2D eigenvalue weighted by Gasteiger charge is 2.44. The van der Waals surface area contributed by atoms with E-state index in [1.807, 2.05) is 6.08 Å². The van der Waals surface area contributed by atoms with Crippen LogP contribution in [0.3, 0.4) is 0 Å². The molecule has 4 aromatic carbocycles. The van der Waals surface area contributed by atoms with Gasteiger partial charge in [-0.2, -0.15) is 0 Å². The second-order valence-electron chi connectivity index (χ2n) is 19.0. The highest BCUT2D eigenvalue weighted by Crippen LogP contribution is 2.44. The molecule has 0 amide bonds. The van der Waals surface area contributed by atoms with Crippen molar-refractivity contribution >= 4 is 51.5 Å². The summed E-state index contributed by atoms with van der Waals surface area (Å²) >= 11 is 0. The Morgan fingerprint density at radius 2 is 1.08 bits per heavy atom. The number of hydrogen-bond donors (Lipinski definition) is 0. The highest BCUT2D eigenvalue weighted by atomic mass is 15.2. The lowest BCUT2D eigenvalue weighted by Crippen LogP contribution is -2.62. The van der Waals surface area contributed by atoms with Crippen molar-refractivity contribution in [2.75, 3.05) is 9.80 Å². The average molecular weight is 675 g/mol. The molecule has 51 heavy (non-hydrogen) atoms. The van der Waals surface area contributed by atoms with Gasteiger partial charge in [-0.25, -0.2) is 0 Å². The summed E-state index contributed by atoms with van der Waals surface area (Å²) in [5, 5.41) is 0. The van der Waals surface area contributed by atoms with Crippen LogP contribution < -0.4 is 26.2 Å². The molecule has 0 N–H and O–H groups in total. The van der Waals surface area contributed by atoms with Crippen LogP contribution in [0.15, 0.2) is 109 Å². The van der Waals surface area contributed by atoms with Gasteiger partial charge in [-0.1, -0.05) is 138 Å². The molecule has 0 spiro atoms. The van der Waals surface area contributed by atoms with Gasteiger partial charge in [-0.3, -0.25) is 0 Å². The lowest BCUT2D eigenvalue weighted by Gasteiger charge is -2.45. The molecule has 6 rings (SSSR count). The van der Waals surface area contributed by atoms with Crippen LogP contribution in [0.5, 0.6) is 0 Å². The summed E-state index contributed by atoms with van der Waals surface area (Å²) in [5.74, 6) is 0. The molecule has 0 fully saturated rings. The molecule has 2 aliphatic rings. The molecule has 0 saturated heterocycles. The topological polar surface area (TPSA) is 6.48 Å². The molecule has 2 aliphatic heterocycles. The first-order valence-corrected chi connectivity index (χ1v) is 18.8. The number of nitrogens with zero attached hydrogens (tertiary/aromatic N) is 2. The lowest BCUT2D eigenvalue weighted by molar-refractivity contribution is 0.517. The third-order valence-electron chi connectivity index (χ3n) is 10.9. The van der Waals surface area contributed by atoms with Gasteiger partial charge in [0.25, 0.3) is 6.71 Å². The molecule has 4 aromatic rings. The fraction of sp³-hybridized carbons (Fsp3) is 0.375. The van der Waals surface area contributed by atoms with Gasteiger partial charge in [-0.15, -0.1) is 0 Å². The maximum Gasteiger partial charge on any atom is 0.252 e. The third-order valence-corrected chi connectivity index (χ3v) is 10.9. The number of fused-ring (bicyclic) bond motifs is 4. The van der Waals surface area contributed by atoms with E-state index in [0.29, 0.717) is 0 Å². The Hall–Kier alpha value is -4.24. The third kappa shape index (κ3) is 6.66. The predicted molar refractivity (Wildman–Crippen MR) is 227 cm³/mol. The van der Waals surface area contributed by atoms with Gasteiger partial charge in [0.2, 0.25) is 0 Å². The van der Waals surface area contributed by atoms with E-state index >= 15 is 0 Å². The van der Waals surface area contributed by atoms with Gasteiger partial charge < -0.3 is 9.80 Å². The molecular formula is C48H59BN2. The molecule has 3 heteroatoms. The first kappa shape index (κ1) is 36.6. The molecule has 0 bridgehead atoms. The summed E-state index contributed by atoms with van der Waals surface area (Å²) in [6.45, 7) is 36.3. The summed E-state index contributed by atoms with van der Waals surface area (Å²) in [5.41, 5.74) is 18.2. The van der Waals surface area contributed by atoms with Crippen molar-refractivity contribution in [3.63, 3.8) is 0 Å². The van der Waals surface area contributed by atoms with Crippen molar-refractivity contribution in [2.45, 2.75) is 113 Å². The van der Waals surface area contributed by atoms with Crippen molar-refractivity contribution in [1.29, 1.82) is 0 Å². The normalized spacial score (nSPS) is 15.1. The average Bonchev–Trinajstić information content (AvgIpc) is 3.02. The second kappa shape index (κ2) is 12.5. The summed E-state index contributed by atoms with van der Waals surface area (Å²) in [6, 6.07) is 28.6. The number of benzene rings is 4. The first-order valence-electron chi connectivity index (χ1n) is 18.8. The maximum absolute atomic E-state index is 4.16. The standard InChI is InChI=1S/C48H59BN2/c1-16-33(45(4,5)6)18-17-32(3)50-40-25-21-35(47(10,11)12)29-38(40)49-39-30-36(48(13,14)15)22-26-41(39)51(43-28-31(2)27-42(50)44(43)49)37-23-19-34(20-24-37)46(7,8)9/h16-30H,1H2,2-15H3/b32-17+,33-18+. The molecule has 0 atom stereocenters. The zero-order valence-corrected chi connectivity index (χ0v) is 33.8. The van der Waals surface area contributed by atoms with E-state index in [1.165, 1.54) is 78.3 Å². The van der Waals surface area contributed by atoms with Crippen LogP contribution in [-0.4, -0.2) is 6.71 Å². The Morgan fingerprint density at radius 3 is 1.59 bits per heavy atom. The molecule has 0 radical (unpaired) electrons. The number of aryl methyl sites for hydroxylation is 1. The summed E-state index contributed by atoms with van der Waals surface area (Å²) in [6.07, 6.45) is 6.55. The lowest BCUT2D eigenvalue weighted by atomic mass is 9.33. The number of rotatable bonds is 4. The Labute approximate surface area is 310 Å². The zero-order valence-electron chi connectivity index (χ0n) is 33.8. The van der Waals surface area contributed by atoms with Gasteiger partial charge in [0.05, 0.1) is 0 Å². The molecule has 0 aromatic heterocycles. The van der Waals surface area contributed by atoms with Crippen molar-refractivity contribution in [1.82, 2.24) is 0 Å². The minimum Gasteiger partial charge on any atom is -0.315 e. The van der Waals surface area contributed by atoms with Gasteiger partial charge in [0, 0.05) is 34.1 Å². The van der Waals surface area contributed by atoms with Crippen LogP contribution in [0, 0.1) is 12.3 Å². The van der Waals surface area contributed by atoms with Crippen LogP contribution in [0.1, 0.15) is 112 Å². The van der Waals surface area contributed by atoms with Crippen molar-refractivity contribution in [3.05, 3.63) is 131 Å². The van der Waals surface area contributed by atoms with Gasteiger partial charge >= 0.3 is 0 Å². The smallest absolute Gasteiger partial charge is 0.252 e. The Bertz CT molecular complexity index is 2060. The monoisotopic (exact) mass is 674 g/mol. The van der Waals surface area contributed by atoms with Crippen LogP contribution in [-0.2, 0) is 16.2 Å². The highest BCUT2D eigenvalue weighted by molar-refractivity contribution is 7.00. The zero-order chi connectivity index (χ0) is 37.4. The first-order chi connectivity index (χ1) is 23.6. The molecule has 264 valence electrons. The van der Waals surface area contributed by atoms with E-state index in [4.69, 9.17) is 0 Å². The van der Waals surface area contributed by atoms with Crippen molar-refractivity contribution in [3.8, 4) is 0 Å². The maximum atomic E-state index is 4.16. The Morgan fingerprint density at radius 1 is 0.588 bits per heavy atom. The van der Waals surface area contributed by atoms with Crippen LogP contribution in [0.4, 0.5) is 28.4 Å². The molecule has 0 aliphatic carbocycles. The number of anilines is 5. The van der Waals surface area contributed by atoms with Gasteiger partial charge in [0.15, 0.2) is 0 Å². The summed E-state index contributed by atoms with van der Waals surface area (Å²) in [7, 11) is 0. The molecule has 2 heterocycles. The fourth-order valence-electron chi connectivity index (χ4n) is 7.75. The Balaban J connectivity index is 1.71. The van der Waals surface area contributed by atoms with Crippen molar-refractivity contribution < 1.29 is 0 Å². The summed E-state index contributed by atoms with van der Waals surface area (Å²) in [4.78, 5) is 5.05. The predicted octanol–water partition coefficient (Wildman–Crippen LogP) is 11.7. The van der Waals surface area contributed by atoms with Crippen LogP contribution in [0.25, 0.3) is 0 Å². The molecule has 2 nitrogen and oxygen atoms in total. The van der Waals surface area contributed by atoms with E-state index < -0.39 is 0 Å². The minimum atomic E-state index is 0.00501. The van der Waals surface area contributed by atoms with Gasteiger partial charge in [-0.05, 0) is 122 Å². The van der Waals surface area contributed by atoms with E-state index in [1.54, 1.807) is 0 Å². The Kier molecular flexibility index (Phi) is 8.94. The van der Waals surface area contributed by atoms with E-state index in [9.17, 15) is 0 Å². The van der Waals surface area contributed by atoms with Crippen LogP contribution >= 0.6 is 0 Å². The number of hydrogen-bond acceptors (Lipinski definition) is 2. The van der Waals surface area contributed by atoms with E-state index in [2.05, 4.69) is 198 Å². The molecular weight excluding hydrogens is 615 g/mol. The quantitative estimate of drug-likeness (QED) is 0.138. The largest absolute Gasteiger partial charge is 0.315 e. The van der Waals surface area contributed by atoms with E-state index in [0.717, 1.165) is 0 Å². The van der Waals surface area contributed by atoms with E-state index in [-0.39, 0.29) is 28.4 Å². The van der Waals surface area contributed by atoms with Crippen LogP contribution in [0.2, 0.25) is 0 Å². The fourth-order valence-corrected chi connectivity index (χ4v) is 7.75. The summed E-state index contributed by atoms with van der Waals surface area (Å²) < 4.78 is 0. The molecule has 0 saturated carbocycles. The SMILES string of the molecule is C=C/C(=C\C=C(/C)N1c2ccc(C(C)(C)C)cc2B2c3cc(C(C)(C)C)ccc3N(c3ccc(C(C)(C)C)cc3)c3cc(C)cc1c32)C(C)(C)C. The van der Waals surface area contributed by atoms with Crippen molar-refractivity contribution in [2.24, 2.45) is 5.41 Å². The number of allylic oxidation sites excluding steroid dienone is 5. The second-order valence-corrected chi connectivity index (χ2v) is 19.0. The molecule has 0 unspecified atom stereocenters.